The molecule has 3 aromatic carbocycles. The second-order valence-electron chi connectivity index (χ2n) is 9.98. The van der Waals surface area contributed by atoms with Crippen molar-refractivity contribution in [1.29, 1.82) is 0 Å². The van der Waals surface area contributed by atoms with E-state index in [0.29, 0.717) is 36.4 Å². The molecule has 0 amide bonds. The van der Waals surface area contributed by atoms with Crippen LogP contribution in [0.25, 0.3) is 0 Å². The number of carbonyl (C=O) groups is 3. The Balaban J connectivity index is 2.12. The lowest BCUT2D eigenvalue weighted by Gasteiger charge is -2.56. The largest absolute Gasteiger partial charge is 0.504 e. The van der Waals surface area contributed by atoms with Crippen molar-refractivity contribution in [2.24, 2.45) is 0 Å². The SMILES string of the molecule is O=C(c1cc(O)c(O)c(O)c1)C1(O)O[C@H](CO)[C@@H](O)[C@@](O)(C(=O)c2cc(O)c(O)c(O)c2)[C@]1(O)C(=O)c1cc(O)c(O)c(O)c1. The van der Waals surface area contributed by atoms with Gasteiger partial charge < -0.3 is 76.2 Å². The number of phenols is 9. The summed E-state index contributed by atoms with van der Waals surface area (Å²) in [5.74, 6) is -21.8. The Bertz CT molecular complexity index is 1680. The summed E-state index contributed by atoms with van der Waals surface area (Å²) >= 11 is 0. The number of aliphatic hydroxyl groups is 5. The number of phenolic OH excluding ortho intramolecular Hbond substituents is 9. The average Bonchev–Trinajstić information content (AvgIpc) is 2.99. The first-order valence-corrected chi connectivity index (χ1v) is 12.3. The Morgan fingerprint density at radius 1 is 0.578 bits per heavy atom. The highest BCUT2D eigenvalue weighted by atomic mass is 16.7. The van der Waals surface area contributed by atoms with Gasteiger partial charge in [0.05, 0.1) is 6.61 Å². The third kappa shape index (κ3) is 4.47. The molecule has 240 valence electrons. The van der Waals surface area contributed by atoms with Crippen molar-refractivity contribution in [3.8, 4) is 51.7 Å². The van der Waals surface area contributed by atoms with E-state index in [4.69, 9.17) is 4.74 Å². The van der Waals surface area contributed by atoms with Gasteiger partial charge in [-0.1, -0.05) is 0 Å². The van der Waals surface area contributed by atoms with Gasteiger partial charge >= 0.3 is 0 Å². The third-order valence-electron chi connectivity index (χ3n) is 7.30. The molecule has 18 nitrogen and oxygen atoms in total. The second kappa shape index (κ2) is 10.7. The van der Waals surface area contributed by atoms with Crippen molar-refractivity contribution in [3.05, 3.63) is 53.1 Å². The van der Waals surface area contributed by atoms with Gasteiger partial charge in [0.25, 0.3) is 5.79 Å². The maximum Gasteiger partial charge on any atom is 0.272 e. The minimum absolute atomic E-state index is 0.312. The molecule has 1 heterocycles. The highest BCUT2D eigenvalue weighted by Gasteiger charge is 2.80. The van der Waals surface area contributed by atoms with E-state index in [-0.39, 0.29) is 0 Å². The smallest absolute Gasteiger partial charge is 0.272 e. The average molecular weight is 636 g/mol. The van der Waals surface area contributed by atoms with Crippen molar-refractivity contribution in [2.75, 3.05) is 6.61 Å². The molecule has 3 aromatic rings. The normalized spacial score (nSPS) is 26.3. The third-order valence-corrected chi connectivity index (χ3v) is 7.30. The van der Waals surface area contributed by atoms with E-state index in [9.17, 15) is 85.9 Å². The second-order valence-corrected chi connectivity index (χ2v) is 9.98. The standard InChI is InChI=1S/C27H24O18/c28-7-17-24(41)25(42,21(38)8-1-11(29)18(35)12(30)2-8)26(43,22(39)9-3-13(31)19(36)14(32)4-9)27(44,45-17)23(40)10-5-15(33)20(37)16(34)6-10/h1-6,17,24,28-37,41-44H,7H2/t17-,24-,25+,26-,27?/m1/s1. The summed E-state index contributed by atoms with van der Waals surface area (Å²) < 4.78 is 5.04. The number of hydrogen-bond donors (Lipinski definition) is 14. The van der Waals surface area contributed by atoms with Gasteiger partial charge in [0.15, 0.2) is 57.3 Å². The van der Waals surface area contributed by atoms with Crippen LogP contribution in [-0.2, 0) is 4.74 Å². The Morgan fingerprint density at radius 3 is 1.22 bits per heavy atom. The lowest BCUT2D eigenvalue weighted by Crippen LogP contribution is -2.85. The number of Topliss-reactive ketones (excluding diaryl/α,β-unsaturated/α-hetero) is 3. The van der Waals surface area contributed by atoms with E-state index in [1.54, 1.807) is 0 Å². The van der Waals surface area contributed by atoms with E-state index in [1.807, 2.05) is 0 Å². The number of benzene rings is 3. The predicted molar refractivity (Wildman–Crippen MR) is 140 cm³/mol. The topological polar surface area (TPSA) is 344 Å². The van der Waals surface area contributed by atoms with E-state index in [2.05, 4.69) is 0 Å². The maximum atomic E-state index is 14.0. The molecule has 0 saturated carbocycles. The summed E-state index contributed by atoms with van der Waals surface area (Å²) in [5, 5.41) is 146. The van der Waals surface area contributed by atoms with Gasteiger partial charge in [0.2, 0.25) is 23.0 Å². The summed E-state index contributed by atoms with van der Waals surface area (Å²) in [6, 6.07) is 2.05. The molecular weight excluding hydrogens is 612 g/mol. The molecule has 5 atom stereocenters. The van der Waals surface area contributed by atoms with Crippen LogP contribution < -0.4 is 0 Å². The van der Waals surface area contributed by atoms with Crippen LogP contribution in [0.15, 0.2) is 36.4 Å². The van der Waals surface area contributed by atoms with Gasteiger partial charge in [0.1, 0.15) is 12.2 Å². The lowest BCUT2D eigenvalue weighted by atomic mass is 9.61. The number of ketones is 3. The molecule has 1 fully saturated rings. The maximum absolute atomic E-state index is 14.0. The number of aromatic hydroxyl groups is 9. The number of carbonyl (C=O) groups excluding carboxylic acids is 3. The van der Waals surface area contributed by atoms with Crippen LogP contribution in [0.1, 0.15) is 31.1 Å². The Labute approximate surface area is 249 Å². The molecule has 18 heteroatoms. The first-order valence-electron chi connectivity index (χ1n) is 12.3. The molecular formula is C27H24O18. The first kappa shape index (κ1) is 32.5. The Kier molecular flexibility index (Phi) is 7.71. The van der Waals surface area contributed by atoms with Crippen LogP contribution in [0.3, 0.4) is 0 Å². The molecule has 1 aliphatic rings. The van der Waals surface area contributed by atoms with Crippen molar-refractivity contribution < 1.29 is 90.6 Å². The van der Waals surface area contributed by atoms with E-state index >= 15 is 0 Å². The molecule has 0 aromatic heterocycles. The van der Waals surface area contributed by atoms with Crippen molar-refractivity contribution in [3.63, 3.8) is 0 Å². The van der Waals surface area contributed by atoms with Crippen molar-refractivity contribution in [2.45, 2.75) is 29.2 Å². The van der Waals surface area contributed by atoms with Crippen LogP contribution in [0.5, 0.6) is 51.7 Å². The molecule has 0 spiro atoms. The van der Waals surface area contributed by atoms with Crippen molar-refractivity contribution >= 4 is 17.3 Å². The number of ether oxygens (including phenoxy) is 1. The minimum Gasteiger partial charge on any atom is -0.504 e. The summed E-state index contributed by atoms with van der Waals surface area (Å²) in [6.07, 6.45) is -5.46. The molecule has 1 unspecified atom stereocenters. The summed E-state index contributed by atoms with van der Waals surface area (Å²) in [5.41, 5.74) is -12.3. The van der Waals surface area contributed by atoms with Gasteiger partial charge in [-0.2, -0.15) is 0 Å². The zero-order valence-electron chi connectivity index (χ0n) is 22.2. The van der Waals surface area contributed by atoms with E-state index in [0.717, 1.165) is 0 Å². The summed E-state index contributed by atoms with van der Waals surface area (Å²) in [6.45, 7) is -1.48. The number of rotatable bonds is 7. The quantitative estimate of drug-likeness (QED) is 0.0974. The molecule has 0 radical (unpaired) electrons. The minimum atomic E-state index is -4.57. The monoisotopic (exact) mass is 636 g/mol. The van der Waals surface area contributed by atoms with Crippen LogP contribution in [0.4, 0.5) is 0 Å². The highest BCUT2D eigenvalue weighted by molar-refractivity contribution is 6.18. The molecule has 1 saturated heterocycles. The molecule has 45 heavy (non-hydrogen) atoms. The fourth-order valence-electron chi connectivity index (χ4n) is 4.92. The summed E-state index contributed by atoms with van der Waals surface area (Å²) in [7, 11) is 0. The zero-order valence-corrected chi connectivity index (χ0v) is 22.2. The first-order chi connectivity index (χ1) is 20.8. The number of hydrogen-bond acceptors (Lipinski definition) is 18. The van der Waals surface area contributed by atoms with Crippen molar-refractivity contribution in [1.82, 2.24) is 0 Å². The van der Waals surface area contributed by atoms with Crippen LogP contribution in [-0.4, -0.2) is 125 Å². The zero-order chi connectivity index (χ0) is 34.0. The van der Waals surface area contributed by atoms with E-state index < -0.39 is 122 Å². The fourth-order valence-corrected chi connectivity index (χ4v) is 4.92. The highest BCUT2D eigenvalue weighted by Crippen LogP contribution is 2.51. The van der Waals surface area contributed by atoms with Crippen LogP contribution in [0.2, 0.25) is 0 Å². The van der Waals surface area contributed by atoms with Gasteiger partial charge in [-0.25, -0.2) is 0 Å². The van der Waals surface area contributed by atoms with Crippen LogP contribution in [0, 0.1) is 0 Å². The van der Waals surface area contributed by atoms with E-state index in [1.165, 1.54) is 0 Å². The van der Waals surface area contributed by atoms with Gasteiger partial charge in [-0.15, -0.1) is 0 Å². The molecule has 14 N–H and O–H groups in total. The van der Waals surface area contributed by atoms with Gasteiger partial charge in [-0.3, -0.25) is 14.4 Å². The predicted octanol–water partition coefficient (Wildman–Crippen LogP) is -2.11. The Hall–Kier alpha value is -5.37. The number of aliphatic hydroxyl groups excluding tert-OH is 2. The Morgan fingerprint density at radius 2 is 0.889 bits per heavy atom. The molecule has 1 aliphatic heterocycles. The summed E-state index contributed by atoms with van der Waals surface area (Å²) in [4.78, 5) is 41.8. The lowest BCUT2D eigenvalue weighted by molar-refractivity contribution is -0.362. The van der Waals surface area contributed by atoms with Crippen LogP contribution >= 0.6 is 0 Å². The molecule has 4 rings (SSSR count). The van der Waals surface area contributed by atoms with Gasteiger partial charge in [-0.05, 0) is 36.4 Å². The molecule has 0 bridgehead atoms. The molecule has 0 aliphatic carbocycles. The van der Waals surface area contributed by atoms with Gasteiger partial charge in [0, 0.05) is 16.7 Å². The fraction of sp³-hybridized carbons (Fsp3) is 0.222.